The van der Waals surface area contributed by atoms with E-state index in [2.05, 4.69) is 0 Å². The van der Waals surface area contributed by atoms with E-state index in [0.717, 1.165) is 6.42 Å². The highest BCUT2D eigenvalue weighted by Crippen LogP contribution is 2.23. The summed E-state index contributed by atoms with van der Waals surface area (Å²) in [6.07, 6.45) is 0.921. The lowest BCUT2D eigenvalue weighted by Crippen LogP contribution is -2.37. The second-order valence-electron chi connectivity index (χ2n) is 5.10. The largest absolute Gasteiger partial charge is 0.484 e. The van der Waals surface area contributed by atoms with Gasteiger partial charge in [-0.15, -0.1) is 12.4 Å². The third kappa shape index (κ3) is 4.46. The zero-order valence-electron chi connectivity index (χ0n) is 11.7. The molecule has 2 N–H and O–H groups in total. The molecule has 1 aromatic rings. The third-order valence-corrected chi connectivity index (χ3v) is 3.86. The van der Waals surface area contributed by atoms with Crippen molar-refractivity contribution in [1.82, 2.24) is 4.90 Å². The number of nitrogens with two attached hydrogens (primary N) is 1. The Morgan fingerprint density at radius 3 is 2.86 bits per heavy atom. The Labute approximate surface area is 134 Å². The molecule has 2 atom stereocenters. The number of rotatable bonds is 4. The average molecular weight is 337 g/mol. The molecule has 1 saturated heterocycles. The maximum atomic E-state index is 13.0. The highest BCUT2D eigenvalue weighted by Gasteiger charge is 2.31. The van der Waals surface area contributed by atoms with Gasteiger partial charge in [0.25, 0.3) is 5.91 Å². The number of hydrogen-bond acceptors (Lipinski definition) is 3. The van der Waals surface area contributed by atoms with Gasteiger partial charge in [-0.25, -0.2) is 4.39 Å². The van der Waals surface area contributed by atoms with Crippen LogP contribution in [0.4, 0.5) is 4.39 Å². The van der Waals surface area contributed by atoms with Crippen molar-refractivity contribution in [3.05, 3.63) is 29.0 Å². The Kier molecular flexibility index (Phi) is 6.71. The number of halogens is 3. The Morgan fingerprint density at radius 1 is 1.57 bits per heavy atom. The Bertz CT molecular complexity index is 502. The fourth-order valence-electron chi connectivity index (χ4n) is 2.46. The molecule has 4 nitrogen and oxygen atoms in total. The fourth-order valence-corrected chi connectivity index (χ4v) is 2.63. The number of carbonyl (C=O) groups is 1. The Hall–Kier alpha value is -1.04. The molecular weight excluding hydrogens is 318 g/mol. The maximum absolute atomic E-state index is 13.0. The van der Waals surface area contributed by atoms with Crippen LogP contribution in [0, 0.1) is 11.7 Å². The van der Waals surface area contributed by atoms with Gasteiger partial charge in [-0.3, -0.25) is 4.79 Å². The van der Waals surface area contributed by atoms with Gasteiger partial charge in [0.15, 0.2) is 6.61 Å². The predicted molar refractivity (Wildman–Crippen MR) is 82.5 cm³/mol. The summed E-state index contributed by atoms with van der Waals surface area (Å²) in [5, 5.41) is -0.0207. The Morgan fingerprint density at radius 2 is 2.29 bits per heavy atom. The normalized spacial score (nSPS) is 21.0. The first-order valence-corrected chi connectivity index (χ1v) is 6.96. The topological polar surface area (TPSA) is 55.6 Å². The highest BCUT2D eigenvalue weighted by atomic mass is 35.5. The lowest BCUT2D eigenvalue weighted by molar-refractivity contribution is -0.134. The molecule has 21 heavy (non-hydrogen) atoms. The van der Waals surface area contributed by atoms with Gasteiger partial charge in [0.1, 0.15) is 11.6 Å². The molecule has 1 fully saturated rings. The molecule has 0 aliphatic carbocycles. The van der Waals surface area contributed by atoms with Crippen molar-refractivity contribution in [3.8, 4) is 5.75 Å². The molecular formula is C14H19Cl2FN2O2. The van der Waals surface area contributed by atoms with Gasteiger partial charge in [-0.1, -0.05) is 11.6 Å². The van der Waals surface area contributed by atoms with E-state index in [0.29, 0.717) is 24.8 Å². The van der Waals surface area contributed by atoms with Crippen LogP contribution in [0.2, 0.25) is 5.02 Å². The monoisotopic (exact) mass is 336 g/mol. The molecule has 1 aliphatic heterocycles. The molecule has 0 saturated carbocycles. The van der Waals surface area contributed by atoms with E-state index in [4.69, 9.17) is 22.1 Å². The first-order valence-electron chi connectivity index (χ1n) is 6.58. The van der Waals surface area contributed by atoms with Crippen molar-refractivity contribution in [3.63, 3.8) is 0 Å². The summed E-state index contributed by atoms with van der Waals surface area (Å²) in [7, 11) is 0. The van der Waals surface area contributed by atoms with Gasteiger partial charge in [0.05, 0.1) is 5.02 Å². The molecule has 2 unspecified atom stereocenters. The summed E-state index contributed by atoms with van der Waals surface area (Å²) in [5.74, 6) is 0.138. The van der Waals surface area contributed by atoms with E-state index in [9.17, 15) is 9.18 Å². The van der Waals surface area contributed by atoms with Crippen LogP contribution in [0.1, 0.15) is 13.3 Å². The summed E-state index contributed by atoms with van der Waals surface area (Å²) in [6.45, 7) is 3.18. The van der Waals surface area contributed by atoms with Gasteiger partial charge >= 0.3 is 0 Å². The first-order chi connectivity index (χ1) is 9.51. The molecule has 1 aromatic carbocycles. The molecule has 0 radical (unpaired) electrons. The van der Waals surface area contributed by atoms with Gasteiger partial charge in [0, 0.05) is 18.7 Å². The summed E-state index contributed by atoms with van der Waals surface area (Å²) in [6, 6.07) is 4.20. The molecule has 118 valence electrons. The molecule has 1 heterocycles. The van der Waals surface area contributed by atoms with E-state index in [1.807, 2.05) is 6.92 Å². The standard InChI is InChI=1S/C14H18ClFN2O2.ClH/c1-9-4-10(6-17)7-18(9)14(19)8-20-11-2-3-13(16)12(15)5-11;/h2-3,5,9-10H,4,6-8,17H2,1H3;1H. The minimum atomic E-state index is -0.510. The molecule has 0 spiro atoms. The first kappa shape index (κ1) is 18.0. The van der Waals surface area contributed by atoms with Crippen molar-refractivity contribution < 1.29 is 13.9 Å². The van der Waals surface area contributed by atoms with Gasteiger partial charge in [-0.05, 0) is 37.9 Å². The number of nitrogens with zero attached hydrogens (tertiary/aromatic N) is 1. The van der Waals surface area contributed by atoms with Crippen LogP contribution >= 0.6 is 24.0 Å². The van der Waals surface area contributed by atoms with Crippen LogP contribution in [0.25, 0.3) is 0 Å². The smallest absolute Gasteiger partial charge is 0.260 e. The van der Waals surface area contributed by atoms with E-state index in [1.165, 1.54) is 18.2 Å². The van der Waals surface area contributed by atoms with Crippen LogP contribution in [0.15, 0.2) is 18.2 Å². The number of likely N-dealkylation sites (tertiary alicyclic amines) is 1. The summed E-state index contributed by atoms with van der Waals surface area (Å²) < 4.78 is 18.4. The van der Waals surface area contributed by atoms with Crippen LogP contribution in [0.3, 0.4) is 0 Å². The minimum absolute atomic E-state index is 0. The molecule has 0 aromatic heterocycles. The number of hydrogen-bond donors (Lipinski definition) is 1. The van der Waals surface area contributed by atoms with Crippen LogP contribution in [0.5, 0.6) is 5.75 Å². The highest BCUT2D eigenvalue weighted by molar-refractivity contribution is 6.30. The quantitative estimate of drug-likeness (QED) is 0.918. The van der Waals surface area contributed by atoms with E-state index in [-0.39, 0.29) is 36.0 Å². The minimum Gasteiger partial charge on any atom is -0.484 e. The molecule has 2 rings (SSSR count). The second-order valence-corrected chi connectivity index (χ2v) is 5.50. The SMILES string of the molecule is CC1CC(CN)CN1C(=O)COc1ccc(F)c(Cl)c1.Cl. The van der Waals surface area contributed by atoms with Crippen LogP contribution < -0.4 is 10.5 Å². The fraction of sp³-hybridized carbons (Fsp3) is 0.500. The van der Waals surface area contributed by atoms with Gasteiger partial charge < -0.3 is 15.4 Å². The zero-order valence-corrected chi connectivity index (χ0v) is 13.3. The summed E-state index contributed by atoms with van der Waals surface area (Å²) in [5.41, 5.74) is 5.63. The lowest BCUT2D eigenvalue weighted by atomic mass is 10.1. The molecule has 7 heteroatoms. The lowest BCUT2D eigenvalue weighted by Gasteiger charge is -2.21. The maximum Gasteiger partial charge on any atom is 0.260 e. The van der Waals surface area contributed by atoms with E-state index in [1.54, 1.807) is 4.90 Å². The second kappa shape index (κ2) is 7.82. The molecule has 1 amide bonds. The molecule has 1 aliphatic rings. The Balaban J connectivity index is 0.00000220. The number of amides is 1. The van der Waals surface area contributed by atoms with E-state index < -0.39 is 5.82 Å². The van der Waals surface area contributed by atoms with Crippen molar-refractivity contribution in [2.75, 3.05) is 19.7 Å². The van der Waals surface area contributed by atoms with Gasteiger partial charge in [-0.2, -0.15) is 0 Å². The number of carbonyl (C=O) groups excluding carboxylic acids is 1. The van der Waals surface area contributed by atoms with Gasteiger partial charge in [0.2, 0.25) is 0 Å². The third-order valence-electron chi connectivity index (χ3n) is 3.57. The number of ether oxygens (including phenoxy) is 1. The summed E-state index contributed by atoms with van der Waals surface area (Å²) in [4.78, 5) is 13.9. The number of benzene rings is 1. The van der Waals surface area contributed by atoms with Crippen molar-refractivity contribution in [1.29, 1.82) is 0 Å². The zero-order chi connectivity index (χ0) is 14.7. The summed E-state index contributed by atoms with van der Waals surface area (Å²) >= 11 is 5.65. The van der Waals surface area contributed by atoms with Crippen molar-refractivity contribution in [2.45, 2.75) is 19.4 Å². The van der Waals surface area contributed by atoms with Crippen molar-refractivity contribution in [2.24, 2.45) is 11.7 Å². The van der Waals surface area contributed by atoms with Crippen LogP contribution in [-0.2, 0) is 4.79 Å². The average Bonchev–Trinajstić information content (AvgIpc) is 2.81. The molecule has 0 bridgehead atoms. The van der Waals surface area contributed by atoms with Crippen LogP contribution in [-0.4, -0.2) is 36.5 Å². The van der Waals surface area contributed by atoms with Crippen molar-refractivity contribution >= 4 is 29.9 Å². The van der Waals surface area contributed by atoms with E-state index >= 15 is 0 Å². The predicted octanol–water partition coefficient (Wildman–Crippen LogP) is 2.48.